The van der Waals surface area contributed by atoms with E-state index in [9.17, 15) is 4.39 Å². The van der Waals surface area contributed by atoms with Gasteiger partial charge < -0.3 is 4.98 Å². The van der Waals surface area contributed by atoms with Gasteiger partial charge in [-0.3, -0.25) is 4.98 Å². The molecule has 6 heteroatoms. The van der Waals surface area contributed by atoms with Crippen LogP contribution in [0.2, 0.25) is 0 Å². The average molecular weight is 265 g/mol. The minimum atomic E-state index is -0.271. The third-order valence-electron chi connectivity index (χ3n) is 2.29. The van der Waals surface area contributed by atoms with Gasteiger partial charge in [-0.05, 0) is 12.1 Å². The van der Waals surface area contributed by atoms with Crippen LogP contribution in [-0.2, 0) is 5.75 Å². The summed E-state index contributed by atoms with van der Waals surface area (Å²) in [6.45, 7) is 0. The number of aromatic nitrogens is 3. The molecule has 0 aliphatic heterocycles. The van der Waals surface area contributed by atoms with Gasteiger partial charge in [0.15, 0.2) is 5.16 Å². The van der Waals surface area contributed by atoms with E-state index in [1.807, 2.05) is 10.8 Å². The number of H-pyrrole nitrogens is 1. The quantitative estimate of drug-likeness (QED) is 0.737. The van der Waals surface area contributed by atoms with Crippen LogP contribution in [0.25, 0.3) is 11.0 Å². The van der Waals surface area contributed by atoms with Crippen molar-refractivity contribution in [1.82, 2.24) is 15.0 Å². The maximum absolute atomic E-state index is 13.3. The molecule has 0 radical (unpaired) electrons. The van der Waals surface area contributed by atoms with Crippen molar-refractivity contribution in [2.45, 2.75) is 10.9 Å². The van der Waals surface area contributed by atoms with Crippen molar-refractivity contribution < 1.29 is 4.39 Å². The Hall–Kier alpha value is -1.40. The van der Waals surface area contributed by atoms with E-state index < -0.39 is 0 Å². The van der Waals surface area contributed by atoms with Gasteiger partial charge in [0.05, 0.1) is 11.2 Å². The molecular weight excluding hydrogens is 257 g/mol. The van der Waals surface area contributed by atoms with Crippen LogP contribution < -0.4 is 0 Å². The average Bonchev–Trinajstić information content (AvgIpc) is 2.88. The predicted octanol–water partition coefficient (Wildman–Crippen LogP) is 3.45. The first kappa shape index (κ1) is 10.7. The summed E-state index contributed by atoms with van der Waals surface area (Å²) in [4.78, 5) is 11.6. The molecule has 3 nitrogen and oxygen atoms in total. The van der Waals surface area contributed by atoms with Crippen molar-refractivity contribution in [3.63, 3.8) is 0 Å². The van der Waals surface area contributed by atoms with Crippen LogP contribution in [-0.4, -0.2) is 15.0 Å². The summed E-state index contributed by atoms with van der Waals surface area (Å²) >= 11 is 3.06. The second kappa shape index (κ2) is 4.46. The van der Waals surface area contributed by atoms with Crippen molar-refractivity contribution in [1.29, 1.82) is 0 Å². The number of nitrogens with zero attached hydrogens (tertiary/aromatic N) is 2. The molecule has 0 amide bonds. The number of hydrogen-bond donors (Lipinski definition) is 1. The van der Waals surface area contributed by atoms with Crippen LogP contribution in [0.4, 0.5) is 4.39 Å². The number of pyridine rings is 1. The minimum absolute atomic E-state index is 0.271. The fourth-order valence-corrected chi connectivity index (χ4v) is 2.98. The molecule has 0 bridgehead atoms. The smallest absolute Gasteiger partial charge is 0.166 e. The van der Waals surface area contributed by atoms with Gasteiger partial charge in [0.1, 0.15) is 11.3 Å². The SMILES string of the molecule is Fc1cccnc1CSc1nc2cscc2[nH]1. The lowest BCUT2D eigenvalue weighted by Gasteiger charge is -1.99. The van der Waals surface area contributed by atoms with Crippen LogP contribution in [0.15, 0.2) is 34.2 Å². The van der Waals surface area contributed by atoms with Gasteiger partial charge in [-0.25, -0.2) is 9.37 Å². The minimum Gasteiger partial charge on any atom is -0.332 e. The van der Waals surface area contributed by atoms with E-state index in [-0.39, 0.29) is 5.82 Å². The normalized spacial score (nSPS) is 11.1. The highest BCUT2D eigenvalue weighted by Gasteiger charge is 2.07. The third kappa shape index (κ3) is 2.18. The molecule has 0 aromatic carbocycles. The number of halogens is 1. The molecule has 0 aliphatic rings. The van der Waals surface area contributed by atoms with E-state index in [2.05, 4.69) is 15.0 Å². The molecule has 0 saturated carbocycles. The molecule has 0 aliphatic carbocycles. The first-order valence-electron chi connectivity index (χ1n) is 4.97. The summed E-state index contributed by atoms with van der Waals surface area (Å²) in [7, 11) is 0. The molecule has 0 spiro atoms. The van der Waals surface area contributed by atoms with Gasteiger partial charge in [-0.2, -0.15) is 0 Å². The van der Waals surface area contributed by atoms with Crippen LogP contribution in [0.5, 0.6) is 0 Å². The molecule has 3 aromatic heterocycles. The lowest BCUT2D eigenvalue weighted by atomic mass is 10.4. The highest BCUT2D eigenvalue weighted by molar-refractivity contribution is 7.98. The zero-order valence-electron chi connectivity index (χ0n) is 8.68. The third-order valence-corrected chi connectivity index (χ3v) is 3.90. The number of fused-ring (bicyclic) bond motifs is 1. The van der Waals surface area contributed by atoms with Crippen LogP contribution >= 0.6 is 23.1 Å². The maximum Gasteiger partial charge on any atom is 0.166 e. The van der Waals surface area contributed by atoms with E-state index in [0.717, 1.165) is 16.2 Å². The largest absolute Gasteiger partial charge is 0.332 e. The number of rotatable bonds is 3. The molecule has 17 heavy (non-hydrogen) atoms. The number of hydrogen-bond acceptors (Lipinski definition) is 4. The van der Waals surface area contributed by atoms with Crippen LogP contribution in [0.3, 0.4) is 0 Å². The Kier molecular flexibility index (Phi) is 2.82. The van der Waals surface area contributed by atoms with Gasteiger partial charge in [0.25, 0.3) is 0 Å². The van der Waals surface area contributed by atoms with Gasteiger partial charge in [0.2, 0.25) is 0 Å². The van der Waals surface area contributed by atoms with Gasteiger partial charge >= 0.3 is 0 Å². The second-order valence-corrected chi connectivity index (χ2v) is 5.14. The molecule has 0 fully saturated rings. The predicted molar refractivity (Wildman–Crippen MR) is 67.7 cm³/mol. The molecule has 86 valence electrons. The van der Waals surface area contributed by atoms with E-state index in [0.29, 0.717) is 11.4 Å². The summed E-state index contributed by atoms with van der Waals surface area (Å²) in [5, 5.41) is 4.79. The Bertz CT molecular complexity index is 618. The Morgan fingerprint density at radius 1 is 1.41 bits per heavy atom. The standard InChI is InChI=1S/C11H8FN3S2/c12-7-2-1-3-13-8(7)6-17-11-14-9-4-16-5-10(9)15-11/h1-5H,6H2,(H,14,15). The molecular formula is C11H8FN3S2. The van der Waals surface area contributed by atoms with Crippen molar-refractivity contribution >= 4 is 34.1 Å². The second-order valence-electron chi connectivity index (χ2n) is 3.43. The van der Waals surface area contributed by atoms with Gasteiger partial charge in [0, 0.05) is 22.7 Å². The van der Waals surface area contributed by atoms with Crippen molar-refractivity contribution in [3.05, 3.63) is 40.6 Å². The molecule has 0 unspecified atom stereocenters. The van der Waals surface area contributed by atoms with E-state index >= 15 is 0 Å². The molecule has 0 atom stereocenters. The fraction of sp³-hybridized carbons (Fsp3) is 0.0909. The Balaban J connectivity index is 1.76. The summed E-state index contributed by atoms with van der Waals surface area (Å²) < 4.78 is 13.3. The van der Waals surface area contributed by atoms with E-state index in [1.165, 1.54) is 17.8 Å². The number of aromatic amines is 1. The van der Waals surface area contributed by atoms with Gasteiger partial charge in [-0.1, -0.05) is 11.8 Å². The van der Waals surface area contributed by atoms with Gasteiger partial charge in [-0.15, -0.1) is 11.3 Å². The highest BCUT2D eigenvalue weighted by atomic mass is 32.2. The van der Waals surface area contributed by atoms with E-state index in [4.69, 9.17) is 0 Å². The zero-order chi connectivity index (χ0) is 11.7. The summed E-state index contributed by atoms with van der Waals surface area (Å²) in [6, 6.07) is 3.01. The molecule has 3 aromatic rings. The summed E-state index contributed by atoms with van der Waals surface area (Å²) in [5.41, 5.74) is 2.44. The lowest BCUT2D eigenvalue weighted by molar-refractivity contribution is 0.608. The number of imidazole rings is 1. The molecule has 0 saturated heterocycles. The Labute approximate surface area is 105 Å². The number of thioether (sulfide) groups is 1. The van der Waals surface area contributed by atoms with Crippen molar-refractivity contribution in [2.24, 2.45) is 0 Å². The molecule has 3 rings (SSSR count). The fourth-order valence-electron chi connectivity index (χ4n) is 1.45. The number of thiophene rings is 1. The van der Waals surface area contributed by atoms with Crippen molar-refractivity contribution in [2.75, 3.05) is 0 Å². The van der Waals surface area contributed by atoms with Crippen LogP contribution in [0, 0.1) is 5.82 Å². The first-order valence-corrected chi connectivity index (χ1v) is 6.90. The highest BCUT2D eigenvalue weighted by Crippen LogP contribution is 2.24. The summed E-state index contributed by atoms with van der Waals surface area (Å²) in [5.74, 6) is 0.208. The monoisotopic (exact) mass is 265 g/mol. The molecule has 3 heterocycles. The number of nitrogens with one attached hydrogen (secondary N) is 1. The van der Waals surface area contributed by atoms with Crippen LogP contribution in [0.1, 0.15) is 5.69 Å². The topological polar surface area (TPSA) is 41.6 Å². The zero-order valence-corrected chi connectivity index (χ0v) is 10.3. The Morgan fingerprint density at radius 3 is 3.18 bits per heavy atom. The first-order chi connectivity index (χ1) is 8.33. The Morgan fingerprint density at radius 2 is 2.35 bits per heavy atom. The van der Waals surface area contributed by atoms with E-state index in [1.54, 1.807) is 23.6 Å². The molecule has 1 N–H and O–H groups in total. The van der Waals surface area contributed by atoms with Crippen molar-refractivity contribution in [3.8, 4) is 0 Å². The summed E-state index contributed by atoms with van der Waals surface area (Å²) in [6.07, 6.45) is 1.60. The lowest BCUT2D eigenvalue weighted by Crippen LogP contribution is -1.91. The maximum atomic E-state index is 13.3.